The highest BCUT2D eigenvalue weighted by molar-refractivity contribution is 5.98. The number of hydrogen-bond donors (Lipinski definition) is 1. The highest BCUT2D eigenvalue weighted by Crippen LogP contribution is 2.08. The van der Waals surface area contributed by atoms with Crippen LogP contribution < -0.4 is 5.32 Å². The van der Waals surface area contributed by atoms with Gasteiger partial charge in [-0.1, -0.05) is 0 Å². The first-order valence-electron chi connectivity index (χ1n) is 8.65. The molecule has 0 aliphatic carbocycles. The molecule has 0 aromatic carbocycles. The van der Waals surface area contributed by atoms with Gasteiger partial charge in [-0.05, 0) is 12.1 Å². The first kappa shape index (κ1) is 17.8. The van der Waals surface area contributed by atoms with Gasteiger partial charge in [0.15, 0.2) is 0 Å². The van der Waals surface area contributed by atoms with Gasteiger partial charge < -0.3 is 19.7 Å². The minimum Gasteiger partial charge on any atom is -0.379 e. The van der Waals surface area contributed by atoms with Gasteiger partial charge in [-0.3, -0.25) is 19.5 Å². The third-order valence-electron chi connectivity index (χ3n) is 4.36. The molecule has 2 fully saturated rings. The largest absolute Gasteiger partial charge is 0.379 e. The van der Waals surface area contributed by atoms with Gasteiger partial charge in [0, 0.05) is 51.0 Å². The molecule has 0 saturated carbocycles. The van der Waals surface area contributed by atoms with Crippen molar-refractivity contribution in [2.45, 2.75) is 0 Å². The van der Waals surface area contributed by atoms with E-state index in [1.165, 1.54) is 6.20 Å². The number of nitrogens with one attached hydrogen (secondary N) is 1. The van der Waals surface area contributed by atoms with Crippen molar-refractivity contribution in [3.8, 4) is 0 Å². The summed E-state index contributed by atoms with van der Waals surface area (Å²) in [5.74, 6) is -0.349. The van der Waals surface area contributed by atoms with Crippen LogP contribution in [0.2, 0.25) is 0 Å². The second kappa shape index (κ2) is 8.89. The number of amides is 2. The van der Waals surface area contributed by atoms with Crippen LogP contribution in [-0.4, -0.2) is 92.3 Å². The zero-order valence-corrected chi connectivity index (χ0v) is 14.3. The molecule has 0 spiro atoms. The summed E-state index contributed by atoms with van der Waals surface area (Å²) in [5.41, 5.74) is 0.747. The van der Waals surface area contributed by atoms with E-state index in [1.807, 2.05) is 0 Å². The van der Waals surface area contributed by atoms with Crippen LogP contribution in [0, 0.1) is 0 Å². The molecule has 1 aromatic rings. The van der Waals surface area contributed by atoms with Gasteiger partial charge in [-0.25, -0.2) is 0 Å². The summed E-state index contributed by atoms with van der Waals surface area (Å²) < 4.78 is 10.6. The molecule has 2 aliphatic heterocycles. The number of carbonyl (C=O) groups excluding carboxylic acids is 2. The van der Waals surface area contributed by atoms with E-state index in [4.69, 9.17) is 9.47 Å². The summed E-state index contributed by atoms with van der Waals surface area (Å²) in [4.78, 5) is 32.8. The van der Waals surface area contributed by atoms with Crippen molar-refractivity contribution in [1.82, 2.24) is 20.1 Å². The fourth-order valence-electron chi connectivity index (χ4n) is 2.87. The molecule has 2 amide bonds. The van der Waals surface area contributed by atoms with Crippen LogP contribution in [0.25, 0.3) is 0 Å². The standard InChI is InChI=1S/C17H24N4O4/c22-16(19-3-4-20-5-9-24-10-6-20)14-1-2-18-15(13-14)17(23)21-7-11-25-12-8-21/h1-2,13H,3-12H2,(H,19,22). The average Bonchev–Trinajstić information content (AvgIpc) is 2.69. The Balaban J connectivity index is 1.52. The lowest BCUT2D eigenvalue weighted by atomic mass is 10.2. The zero-order valence-electron chi connectivity index (χ0n) is 14.3. The molecular weight excluding hydrogens is 324 g/mol. The average molecular weight is 348 g/mol. The predicted octanol–water partition coefficient (Wildman–Crippen LogP) is -0.384. The summed E-state index contributed by atoms with van der Waals surface area (Å²) in [5, 5.41) is 2.90. The Morgan fingerprint density at radius 3 is 2.48 bits per heavy atom. The molecule has 3 heterocycles. The summed E-state index contributed by atoms with van der Waals surface area (Å²) in [6.07, 6.45) is 1.50. The number of rotatable bonds is 5. The lowest BCUT2D eigenvalue weighted by Gasteiger charge is -2.26. The maximum absolute atomic E-state index is 12.5. The van der Waals surface area contributed by atoms with E-state index in [9.17, 15) is 9.59 Å². The van der Waals surface area contributed by atoms with Gasteiger partial charge >= 0.3 is 0 Å². The Morgan fingerprint density at radius 2 is 1.76 bits per heavy atom. The molecule has 3 rings (SSSR count). The predicted molar refractivity (Wildman–Crippen MR) is 90.6 cm³/mol. The second-order valence-electron chi connectivity index (χ2n) is 6.04. The second-order valence-corrected chi connectivity index (χ2v) is 6.04. The van der Waals surface area contributed by atoms with Crippen LogP contribution in [0.3, 0.4) is 0 Å². The lowest BCUT2D eigenvalue weighted by molar-refractivity contribution is 0.0299. The highest BCUT2D eigenvalue weighted by atomic mass is 16.5. The van der Waals surface area contributed by atoms with Crippen LogP contribution in [0.5, 0.6) is 0 Å². The molecule has 0 atom stereocenters. The number of pyridine rings is 1. The van der Waals surface area contributed by atoms with E-state index in [1.54, 1.807) is 17.0 Å². The van der Waals surface area contributed by atoms with E-state index >= 15 is 0 Å². The fourth-order valence-corrected chi connectivity index (χ4v) is 2.87. The van der Waals surface area contributed by atoms with Crippen molar-refractivity contribution in [2.75, 3.05) is 65.7 Å². The van der Waals surface area contributed by atoms with Gasteiger partial charge in [0.05, 0.1) is 26.4 Å². The van der Waals surface area contributed by atoms with Gasteiger partial charge in [-0.15, -0.1) is 0 Å². The molecule has 1 N–H and O–H groups in total. The first-order chi connectivity index (χ1) is 12.2. The van der Waals surface area contributed by atoms with Crippen molar-refractivity contribution >= 4 is 11.8 Å². The van der Waals surface area contributed by atoms with E-state index in [-0.39, 0.29) is 11.8 Å². The van der Waals surface area contributed by atoms with Gasteiger partial charge in [0.25, 0.3) is 11.8 Å². The Kier molecular flexibility index (Phi) is 6.32. The lowest BCUT2D eigenvalue weighted by Crippen LogP contribution is -2.41. The van der Waals surface area contributed by atoms with Crippen molar-refractivity contribution in [3.63, 3.8) is 0 Å². The molecule has 0 bridgehead atoms. The molecule has 1 aromatic heterocycles. The number of aromatic nitrogens is 1. The zero-order chi connectivity index (χ0) is 17.5. The maximum Gasteiger partial charge on any atom is 0.272 e. The molecular formula is C17H24N4O4. The van der Waals surface area contributed by atoms with E-state index < -0.39 is 0 Å². The number of nitrogens with zero attached hydrogens (tertiary/aromatic N) is 3. The summed E-state index contributed by atoms with van der Waals surface area (Å²) >= 11 is 0. The maximum atomic E-state index is 12.5. The monoisotopic (exact) mass is 348 g/mol. The van der Waals surface area contributed by atoms with Crippen molar-refractivity contribution < 1.29 is 19.1 Å². The first-order valence-corrected chi connectivity index (χ1v) is 8.65. The fraction of sp³-hybridized carbons (Fsp3) is 0.588. The van der Waals surface area contributed by atoms with E-state index in [0.717, 1.165) is 32.8 Å². The van der Waals surface area contributed by atoms with E-state index in [0.29, 0.717) is 44.1 Å². The minimum atomic E-state index is -0.188. The van der Waals surface area contributed by atoms with Crippen LogP contribution >= 0.6 is 0 Å². The topological polar surface area (TPSA) is 84.0 Å². The Hall–Kier alpha value is -2.03. The normalized spacial score (nSPS) is 18.8. The SMILES string of the molecule is O=C(NCCN1CCOCC1)c1ccnc(C(=O)N2CCOCC2)c1. The number of morpholine rings is 2. The van der Waals surface area contributed by atoms with Crippen molar-refractivity contribution in [3.05, 3.63) is 29.6 Å². The van der Waals surface area contributed by atoms with Crippen LogP contribution in [0.1, 0.15) is 20.8 Å². The number of ether oxygens (including phenoxy) is 2. The van der Waals surface area contributed by atoms with E-state index in [2.05, 4.69) is 15.2 Å². The van der Waals surface area contributed by atoms with Crippen LogP contribution in [0.4, 0.5) is 0 Å². The highest BCUT2D eigenvalue weighted by Gasteiger charge is 2.20. The van der Waals surface area contributed by atoms with Gasteiger partial charge in [0.2, 0.25) is 0 Å². The quantitative estimate of drug-likeness (QED) is 0.781. The molecule has 136 valence electrons. The number of carbonyl (C=O) groups is 2. The summed E-state index contributed by atoms with van der Waals surface area (Å²) in [7, 11) is 0. The number of hydrogen-bond acceptors (Lipinski definition) is 6. The molecule has 2 aliphatic rings. The Bertz CT molecular complexity index is 598. The van der Waals surface area contributed by atoms with Crippen LogP contribution in [0.15, 0.2) is 18.3 Å². The van der Waals surface area contributed by atoms with Crippen molar-refractivity contribution in [1.29, 1.82) is 0 Å². The molecule has 0 radical (unpaired) electrons. The summed E-state index contributed by atoms with van der Waals surface area (Å²) in [6.45, 7) is 6.80. The van der Waals surface area contributed by atoms with Crippen molar-refractivity contribution in [2.24, 2.45) is 0 Å². The Labute approximate surface area is 147 Å². The minimum absolute atomic E-state index is 0.161. The van der Waals surface area contributed by atoms with Crippen LogP contribution in [-0.2, 0) is 9.47 Å². The molecule has 8 heteroatoms. The third kappa shape index (κ3) is 4.97. The molecule has 8 nitrogen and oxygen atoms in total. The Morgan fingerprint density at radius 1 is 1.08 bits per heavy atom. The van der Waals surface area contributed by atoms with Gasteiger partial charge in [0.1, 0.15) is 5.69 Å². The summed E-state index contributed by atoms with van der Waals surface area (Å²) in [6, 6.07) is 3.18. The van der Waals surface area contributed by atoms with Gasteiger partial charge in [-0.2, -0.15) is 0 Å². The molecule has 2 saturated heterocycles. The molecule has 0 unspecified atom stereocenters. The smallest absolute Gasteiger partial charge is 0.272 e. The third-order valence-corrected chi connectivity index (χ3v) is 4.36. The molecule has 25 heavy (non-hydrogen) atoms.